The summed E-state index contributed by atoms with van der Waals surface area (Å²) in [5, 5.41) is 13.8. The number of aromatic hydroxyl groups is 1. The summed E-state index contributed by atoms with van der Waals surface area (Å²) in [7, 11) is -0.865. The van der Waals surface area contributed by atoms with Gasteiger partial charge in [-0.1, -0.05) is 0 Å². The van der Waals surface area contributed by atoms with Crippen molar-refractivity contribution in [2.75, 3.05) is 24.7 Å². The number of aromatic nitrogens is 3. The third-order valence-electron chi connectivity index (χ3n) is 6.96. The van der Waals surface area contributed by atoms with Crippen LogP contribution in [0.25, 0.3) is 56.0 Å². The molecule has 0 spiro atoms. The first-order valence-electron chi connectivity index (χ1n) is 12.7. The highest BCUT2D eigenvalue weighted by atomic mass is 32.2. The van der Waals surface area contributed by atoms with Crippen molar-refractivity contribution in [3.05, 3.63) is 84.3 Å². The Labute approximate surface area is 239 Å². The van der Waals surface area contributed by atoms with Crippen LogP contribution in [0.2, 0.25) is 0 Å². The molecule has 1 amide bonds. The van der Waals surface area contributed by atoms with E-state index in [1.165, 1.54) is 56.6 Å². The fraction of sp³-hybridized carbons (Fsp3) is 0.100. The number of imidazole rings is 1. The van der Waals surface area contributed by atoms with E-state index in [2.05, 4.69) is 20.3 Å². The van der Waals surface area contributed by atoms with E-state index in [0.717, 1.165) is 10.6 Å². The van der Waals surface area contributed by atoms with Crippen LogP contribution in [0.5, 0.6) is 5.75 Å². The minimum absolute atomic E-state index is 0.0882. The van der Waals surface area contributed by atoms with Crippen LogP contribution in [0.15, 0.2) is 77.3 Å². The van der Waals surface area contributed by atoms with Gasteiger partial charge in [-0.25, -0.2) is 22.8 Å². The van der Waals surface area contributed by atoms with Crippen molar-refractivity contribution in [2.24, 2.45) is 0 Å². The Morgan fingerprint density at radius 3 is 2.48 bits per heavy atom. The molecule has 3 heterocycles. The van der Waals surface area contributed by atoms with Gasteiger partial charge in [0.25, 0.3) is 5.91 Å². The third kappa shape index (κ3) is 4.71. The summed E-state index contributed by atoms with van der Waals surface area (Å²) in [4.78, 5) is 25.1. The molecule has 6 aromatic rings. The molecule has 212 valence electrons. The van der Waals surface area contributed by atoms with Crippen LogP contribution in [-0.4, -0.2) is 54.7 Å². The van der Waals surface area contributed by atoms with Crippen molar-refractivity contribution >= 4 is 43.8 Å². The molecule has 0 aliphatic heterocycles. The first kappa shape index (κ1) is 27.0. The normalized spacial score (nSPS) is 11.7. The second kappa shape index (κ2) is 10.00. The molecule has 3 N–H and O–H groups in total. The zero-order valence-electron chi connectivity index (χ0n) is 22.6. The Kier molecular flexibility index (Phi) is 6.42. The molecule has 0 unspecified atom stereocenters. The monoisotopic (exact) mass is 585 g/mol. The van der Waals surface area contributed by atoms with Gasteiger partial charge in [0, 0.05) is 48.4 Å². The van der Waals surface area contributed by atoms with E-state index in [1.54, 1.807) is 24.4 Å². The number of rotatable bonds is 6. The van der Waals surface area contributed by atoms with E-state index >= 15 is 0 Å². The number of fused-ring (bicyclic) bond motifs is 2. The zero-order valence-corrected chi connectivity index (χ0v) is 23.5. The highest BCUT2D eigenvalue weighted by Crippen LogP contribution is 2.42. The first-order valence-corrected chi connectivity index (χ1v) is 14.6. The number of amides is 1. The minimum atomic E-state index is -3.74. The highest BCUT2D eigenvalue weighted by Gasteiger charge is 2.26. The molecule has 0 fully saturated rings. The lowest BCUT2D eigenvalue weighted by Gasteiger charge is -2.21. The molecular formula is C30H24FN5O5S. The van der Waals surface area contributed by atoms with Gasteiger partial charge in [0.2, 0.25) is 10.0 Å². The number of aromatic amines is 1. The van der Waals surface area contributed by atoms with Gasteiger partial charge in [-0.15, -0.1) is 0 Å². The molecule has 3 aromatic carbocycles. The van der Waals surface area contributed by atoms with Crippen LogP contribution >= 0.6 is 0 Å². The molecule has 0 radical (unpaired) electrons. The Morgan fingerprint density at radius 1 is 1.05 bits per heavy atom. The number of H-pyrrole nitrogens is 1. The predicted octanol–water partition coefficient (Wildman–Crippen LogP) is 5.31. The van der Waals surface area contributed by atoms with E-state index < -0.39 is 21.7 Å². The summed E-state index contributed by atoms with van der Waals surface area (Å²) in [6.45, 7) is 0. The molecule has 0 bridgehead atoms. The number of phenols is 1. The zero-order chi connectivity index (χ0) is 29.8. The molecule has 0 saturated carbocycles. The third-order valence-corrected chi connectivity index (χ3v) is 8.15. The van der Waals surface area contributed by atoms with Gasteiger partial charge in [-0.05, 0) is 66.2 Å². The van der Waals surface area contributed by atoms with Gasteiger partial charge in [0.05, 0.1) is 23.0 Å². The van der Waals surface area contributed by atoms with Crippen LogP contribution in [0.3, 0.4) is 0 Å². The lowest BCUT2D eigenvalue weighted by molar-refractivity contribution is 0.0964. The average molecular weight is 586 g/mol. The van der Waals surface area contributed by atoms with E-state index in [-0.39, 0.29) is 28.3 Å². The van der Waals surface area contributed by atoms with Crippen molar-refractivity contribution in [2.45, 2.75) is 0 Å². The van der Waals surface area contributed by atoms with Gasteiger partial charge in [0.15, 0.2) is 5.65 Å². The summed E-state index contributed by atoms with van der Waals surface area (Å²) >= 11 is 0. The van der Waals surface area contributed by atoms with Crippen LogP contribution in [0.1, 0.15) is 10.4 Å². The SMILES string of the molecule is CNC(=O)c1c(-c2ccc(F)cc2)oc2cc(N(C)S(C)(=O)=O)c(-c3cc(O)cc(-c4nc5ncccc5[nH]4)c3)cc12. The number of pyridine rings is 1. The van der Waals surface area contributed by atoms with Crippen molar-refractivity contribution < 1.29 is 27.1 Å². The number of carbonyl (C=O) groups excluding carboxylic acids is 1. The lowest BCUT2D eigenvalue weighted by atomic mass is 9.97. The number of furan rings is 1. The number of phenolic OH excluding ortho intramolecular Hbond substituents is 1. The number of halogens is 1. The molecule has 3 aromatic heterocycles. The van der Waals surface area contributed by atoms with Crippen LogP contribution < -0.4 is 9.62 Å². The van der Waals surface area contributed by atoms with E-state index in [0.29, 0.717) is 44.6 Å². The first-order chi connectivity index (χ1) is 20.0. The van der Waals surface area contributed by atoms with Crippen molar-refractivity contribution in [3.63, 3.8) is 0 Å². The Bertz CT molecular complexity index is 2090. The highest BCUT2D eigenvalue weighted by molar-refractivity contribution is 7.92. The van der Waals surface area contributed by atoms with Crippen LogP contribution in [0, 0.1) is 5.82 Å². The maximum absolute atomic E-state index is 13.7. The summed E-state index contributed by atoms with van der Waals surface area (Å²) in [6.07, 6.45) is 2.69. The van der Waals surface area contributed by atoms with Gasteiger partial charge >= 0.3 is 0 Å². The number of nitrogens with zero attached hydrogens (tertiary/aromatic N) is 3. The maximum atomic E-state index is 13.7. The Hall–Kier alpha value is -5.23. The molecule has 10 nitrogen and oxygen atoms in total. The fourth-order valence-electron chi connectivity index (χ4n) is 4.84. The second-order valence-electron chi connectivity index (χ2n) is 9.72. The van der Waals surface area contributed by atoms with Crippen molar-refractivity contribution in [1.29, 1.82) is 0 Å². The molecular weight excluding hydrogens is 561 g/mol. The number of carbonyl (C=O) groups is 1. The minimum Gasteiger partial charge on any atom is -0.508 e. The summed E-state index contributed by atoms with van der Waals surface area (Å²) in [6, 6.07) is 17.0. The number of anilines is 1. The Balaban J connectivity index is 1.63. The molecule has 0 aliphatic rings. The van der Waals surface area contributed by atoms with Gasteiger partial charge in [0.1, 0.15) is 28.7 Å². The largest absolute Gasteiger partial charge is 0.508 e. The van der Waals surface area contributed by atoms with E-state index in [1.807, 2.05) is 6.07 Å². The predicted molar refractivity (Wildman–Crippen MR) is 158 cm³/mol. The quantitative estimate of drug-likeness (QED) is 0.241. The number of hydrogen-bond acceptors (Lipinski definition) is 7. The maximum Gasteiger partial charge on any atom is 0.255 e. The van der Waals surface area contributed by atoms with Crippen molar-refractivity contribution in [1.82, 2.24) is 20.3 Å². The second-order valence-corrected chi connectivity index (χ2v) is 11.7. The number of hydrogen-bond donors (Lipinski definition) is 3. The smallest absolute Gasteiger partial charge is 0.255 e. The van der Waals surface area contributed by atoms with Gasteiger partial charge < -0.3 is 19.8 Å². The van der Waals surface area contributed by atoms with Crippen molar-refractivity contribution in [3.8, 4) is 39.6 Å². The van der Waals surface area contributed by atoms with Crippen LogP contribution in [0.4, 0.5) is 10.1 Å². The fourth-order valence-corrected chi connectivity index (χ4v) is 5.35. The van der Waals surface area contributed by atoms with Gasteiger partial charge in [-0.2, -0.15) is 0 Å². The van der Waals surface area contributed by atoms with E-state index in [9.17, 15) is 22.7 Å². The number of benzene rings is 3. The Morgan fingerprint density at radius 2 is 1.79 bits per heavy atom. The molecule has 0 aliphatic carbocycles. The number of nitrogens with one attached hydrogen (secondary N) is 2. The molecule has 12 heteroatoms. The standard InChI is InChI=1S/C30H24FN5O5S/c1-32-30(38)26-22-14-21(17-11-18(13-20(37)12-17)28-34-23-5-4-10-33-29(23)35-28)24(36(2)42(3,39)40)15-25(22)41-27(26)16-6-8-19(31)9-7-16/h4-15,37H,1-3H3,(H,32,38)(H,33,34,35). The molecule has 0 saturated heterocycles. The molecule has 6 rings (SSSR count). The van der Waals surface area contributed by atoms with Crippen LogP contribution in [-0.2, 0) is 10.0 Å². The molecule has 0 atom stereocenters. The topological polar surface area (TPSA) is 141 Å². The van der Waals surface area contributed by atoms with E-state index in [4.69, 9.17) is 4.42 Å². The summed E-state index contributed by atoms with van der Waals surface area (Å²) in [5.74, 6) is -0.339. The summed E-state index contributed by atoms with van der Waals surface area (Å²) < 4.78 is 46.3. The average Bonchev–Trinajstić information content (AvgIpc) is 3.57. The molecule has 42 heavy (non-hydrogen) atoms. The number of sulfonamides is 1. The summed E-state index contributed by atoms with van der Waals surface area (Å²) in [5.41, 5.74) is 3.73. The van der Waals surface area contributed by atoms with Gasteiger partial charge in [-0.3, -0.25) is 9.10 Å². The lowest BCUT2D eigenvalue weighted by Crippen LogP contribution is -2.25.